The number of ether oxygens (including phenoxy) is 1. The van der Waals surface area contributed by atoms with Crippen molar-refractivity contribution in [3.63, 3.8) is 0 Å². The molecular weight excluding hydrogens is 325 g/mol. The van der Waals surface area contributed by atoms with Crippen LogP contribution in [-0.4, -0.2) is 51.9 Å². The van der Waals surface area contributed by atoms with Crippen LogP contribution in [0.3, 0.4) is 0 Å². The molecule has 0 aliphatic heterocycles. The second kappa shape index (κ2) is 5.95. The Hall–Kier alpha value is -2.32. The number of carbonyl (C=O) groups is 1. The SMILES string of the molecule is COc1c(C(=O)N(CC2CC2)CC(F)(F)F)cnc2c1cnn2C. The molecular formula is C15H17F3N4O2. The monoisotopic (exact) mass is 342 g/mol. The number of carbonyl (C=O) groups excluding carboxylic acids is 1. The summed E-state index contributed by atoms with van der Waals surface area (Å²) >= 11 is 0. The predicted molar refractivity (Wildman–Crippen MR) is 79.7 cm³/mol. The van der Waals surface area contributed by atoms with Crippen LogP contribution in [0.2, 0.25) is 0 Å². The number of rotatable bonds is 5. The molecule has 24 heavy (non-hydrogen) atoms. The summed E-state index contributed by atoms with van der Waals surface area (Å²) < 4.78 is 45.3. The highest BCUT2D eigenvalue weighted by Crippen LogP contribution is 2.33. The average molecular weight is 342 g/mol. The fraction of sp³-hybridized carbons (Fsp3) is 0.533. The van der Waals surface area contributed by atoms with Crippen molar-refractivity contribution in [2.75, 3.05) is 20.2 Å². The van der Waals surface area contributed by atoms with E-state index in [0.717, 1.165) is 17.7 Å². The molecule has 0 aromatic carbocycles. The van der Waals surface area contributed by atoms with E-state index in [9.17, 15) is 18.0 Å². The Bertz CT molecular complexity index is 768. The minimum absolute atomic E-state index is 0.0166. The molecule has 9 heteroatoms. The fourth-order valence-corrected chi connectivity index (χ4v) is 2.66. The van der Waals surface area contributed by atoms with Crippen LogP contribution in [-0.2, 0) is 7.05 Å². The van der Waals surface area contributed by atoms with Gasteiger partial charge < -0.3 is 9.64 Å². The lowest BCUT2D eigenvalue weighted by Gasteiger charge is -2.24. The number of hydrogen-bond acceptors (Lipinski definition) is 4. The lowest BCUT2D eigenvalue weighted by molar-refractivity contribution is -0.141. The van der Waals surface area contributed by atoms with Crippen LogP contribution < -0.4 is 4.74 Å². The van der Waals surface area contributed by atoms with E-state index in [1.54, 1.807) is 7.05 Å². The number of amides is 1. The molecule has 0 radical (unpaired) electrons. The third-order valence-electron chi connectivity index (χ3n) is 3.98. The van der Waals surface area contributed by atoms with Gasteiger partial charge in [0.1, 0.15) is 17.9 Å². The van der Waals surface area contributed by atoms with Gasteiger partial charge in [0.25, 0.3) is 5.91 Å². The standard InChI is InChI=1S/C15H17F3N4O2/c1-21-13-10(6-20-21)12(24-2)11(5-19-13)14(23)22(7-9-3-4-9)8-15(16,17)18/h5-6,9H,3-4,7-8H2,1-2H3. The van der Waals surface area contributed by atoms with E-state index in [1.165, 1.54) is 24.2 Å². The van der Waals surface area contributed by atoms with Gasteiger partial charge >= 0.3 is 6.18 Å². The predicted octanol–water partition coefficient (Wildman–Crippen LogP) is 2.39. The summed E-state index contributed by atoms with van der Waals surface area (Å²) in [6.45, 7) is -1.19. The maximum Gasteiger partial charge on any atom is 0.406 e. The van der Waals surface area contributed by atoms with Crippen molar-refractivity contribution in [3.05, 3.63) is 18.0 Å². The second-order valence-corrected chi connectivity index (χ2v) is 5.95. The highest BCUT2D eigenvalue weighted by molar-refractivity contribution is 6.01. The number of pyridine rings is 1. The molecule has 0 spiro atoms. The molecule has 0 N–H and O–H groups in total. The Morgan fingerprint density at radius 2 is 2.12 bits per heavy atom. The number of hydrogen-bond donors (Lipinski definition) is 0. The van der Waals surface area contributed by atoms with E-state index in [4.69, 9.17) is 4.74 Å². The lowest BCUT2D eigenvalue weighted by Crippen LogP contribution is -2.40. The first-order valence-electron chi connectivity index (χ1n) is 7.51. The van der Waals surface area contributed by atoms with Crippen molar-refractivity contribution < 1.29 is 22.7 Å². The van der Waals surface area contributed by atoms with Gasteiger partial charge in [-0.15, -0.1) is 0 Å². The molecule has 1 amide bonds. The van der Waals surface area contributed by atoms with E-state index in [2.05, 4.69) is 10.1 Å². The molecule has 0 bridgehead atoms. The van der Waals surface area contributed by atoms with Gasteiger partial charge in [0, 0.05) is 19.8 Å². The largest absolute Gasteiger partial charge is 0.495 e. The van der Waals surface area contributed by atoms with Gasteiger partial charge in [0.15, 0.2) is 5.65 Å². The first-order valence-corrected chi connectivity index (χ1v) is 7.51. The summed E-state index contributed by atoms with van der Waals surface area (Å²) in [4.78, 5) is 17.7. The summed E-state index contributed by atoms with van der Waals surface area (Å²) in [7, 11) is 3.05. The summed E-state index contributed by atoms with van der Waals surface area (Å²) in [5.74, 6) is -0.396. The van der Waals surface area contributed by atoms with Crippen molar-refractivity contribution in [3.8, 4) is 5.75 Å². The molecule has 1 fully saturated rings. The molecule has 1 saturated carbocycles. The smallest absolute Gasteiger partial charge is 0.406 e. The van der Waals surface area contributed by atoms with Gasteiger partial charge in [-0.1, -0.05) is 0 Å². The number of fused-ring (bicyclic) bond motifs is 1. The van der Waals surface area contributed by atoms with E-state index in [-0.39, 0.29) is 23.8 Å². The van der Waals surface area contributed by atoms with Crippen LogP contribution in [0.1, 0.15) is 23.2 Å². The van der Waals surface area contributed by atoms with Gasteiger partial charge in [-0.2, -0.15) is 18.3 Å². The molecule has 2 heterocycles. The van der Waals surface area contributed by atoms with Crippen LogP contribution in [0.25, 0.3) is 11.0 Å². The highest BCUT2D eigenvalue weighted by Gasteiger charge is 2.37. The Kier molecular flexibility index (Phi) is 4.10. The first-order chi connectivity index (χ1) is 11.3. The molecule has 0 saturated heterocycles. The van der Waals surface area contributed by atoms with Crippen LogP contribution in [0.4, 0.5) is 13.2 Å². The Balaban J connectivity index is 1.98. The third-order valence-corrected chi connectivity index (χ3v) is 3.98. The van der Waals surface area contributed by atoms with Crippen LogP contribution >= 0.6 is 0 Å². The summed E-state index contributed by atoms with van der Waals surface area (Å²) in [6, 6.07) is 0. The van der Waals surface area contributed by atoms with Crippen molar-refractivity contribution >= 4 is 16.9 Å². The Morgan fingerprint density at radius 1 is 1.42 bits per heavy atom. The lowest BCUT2D eigenvalue weighted by atomic mass is 10.1. The Morgan fingerprint density at radius 3 is 2.71 bits per heavy atom. The van der Waals surface area contributed by atoms with E-state index in [0.29, 0.717) is 11.0 Å². The Labute approximate surface area is 136 Å². The van der Waals surface area contributed by atoms with E-state index < -0.39 is 18.6 Å². The molecule has 3 rings (SSSR count). The van der Waals surface area contributed by atoms with E-state index in [1.807, 2.05) is 0 Å². The van der Waals surface area contributed by atoms with Crippen molar-refractivity contribution in [1.82, 2.24) is 19.7 Å². The van der Waals surface area contributed by atoms with Gasteiger partial charge in [-0.3, -0.25) is 9.48 Å². The molecule has 1 aliphatic rings. The minimum Gasteiger partial charge on any atom is -0.495 e. The topological polar surface area (TPSA) is 60.2 Å². The van der Waals surface area contributed by atoms with Crippen molar-refractivity contribution in [1.29, 1.82) is 0 Å². The van der Waals surface area contributed by atoms with Gasteiger partial charge in [-0.05, 0) is 18.8 Å². The number of nitrogens with zero attached hydrogens (tertiary/aromatic N) is 4. The van der Waals surface area contributed by atoms with Crippen LogP contribution in [0.5, 0.6) is 5.75 Å². The highest BCUT2D eigenvalue weighted by atomic mass is 19.4. The molecule has 0 unspecified atom stereocenters. The molecule has 6 nitrogen and oxygen atoms in total. The number of aromatic nitrogens is 3. The number of aryl methyl sites for hydroxylation is 1. The van der Waals surface area contributed by atoms with Gasteiger partial charge in [-0.25, -0.2) is 4.98 Å². The zero-order valence-electron chi connectivity index (χ0n) is 13.3. The van der Waals surface area contributed by atoms with Gasteiger partial charge in [0.2, 0.25) is 0 Å². The van der Waals surface area contributed by atoms with Gasteiger partial charge in [0.05, 0.1) is 18.7 Å². The second-order valence-electron chi connectivity index (χ2n) is 5.95. The summed E-state index contributed by atoms with van der Waals surface area (Å²) in [5, 5.41) is 4.53. The van der Waals surface area contributed by atoms with Crippen molar-refractivity contribution in [2.45, 2.75) is 19.0 Å². The van der Waals surface area contributed by atoms with Crippen LogP contribution in [0, 0.1) is 5.92 Å². The maximum atomic E-state index is 12.8. The minimum atomic E-state index is -4.45. The zero-order valence-corrected chi connectivity index (χ0v) is 13.3. The molecule has 1 aliphatic carbocycles. The maximum absolute atomic E-state index is 12.8. The molecule has 0 atom stereocenters. The summed E-state index contributed by atoms with van der Waals surface area (Å²) in [5.41, 5.74) is 0.510. The van der Waals surface area contributed by atoms with Crippen molar-refractivity contribution in [2.24, 2.45) is 13.0 Å². The molecule has 2 aromatic heterocycles. The average Bonchev–Trinajstić information content (AvgIpc) is 3.25. The van der Waals surface area contributed by atoms with Crippen LogP contribution in [0.15, 0.2) is 12.4 Å². The zero-order chi connectivity index (χ0) is 17.5. The summed E-state index contributed by atoms with van der Waals surface area (Å²) in [6.07, 6.45) is -0.0324. The first kappa shape index (κ1) is 16.5. The molecule has 130 valence electrons. The number of alkyl halides is 3. The molecule has 2 aromatic rings. The number of halogens is 3. The fourth-order valence-electron chi connectivity index (χ4n) is 2.66. The third kappa shape index (κ3) is 3.29. The van der Waals surface area contributed by atoms with E-state index >= 15 is 0 Å². The number of methoxy groups -OCH3 is 1. The quantitative estimate of drug-likeness (QED) is 0.837. The normalized spacial score (nSPS) is 14.9.